The second-order valence-electron chi connectivity index (χ2n) is 6.72. The Balaban J connectivity index is 1.97. The molecule has 1 heterocycles. The van der Waals surface area contributed by atoms with Gasteiger partial charge >= 0.3 is 0 Å². The van der Waals surface area contributed by atoms with Gasteiger partial charge < -0.3 is 9.53 Å². The third-order valence-electron chi connectivity index (χ3n) is 4.80. The zero-order chi connectivity index (χ0) is 21.5. The largest absolute Gasteiger partial charge is 0.456 e. The Bertz CT molecular complexity index is 1280. The summed E-state index contributed by atoms with van der Waals surface area (Å²) in [6.45, 7) is 0. The molecule has 8 heteroatoms. The van der Waals surface area contributed by atoms with E-state index in [4.69, 9.17) is 9.88 Å². The second-order valence-corrected chi connectivity index (χ2v) is 8.28. The Morgan fingerprint density at radius 1 is 0.900 bits per heavy atom. The van der Waals surface area contributed by atoms with E-state index in [1.807, 2.05) is 0 Å². The van der Waals surface area contributed by atoms with Gasteiger partial charge in [0.15, 0.2) is 0 Å². The summed E-state index contributed by atoms with van der Waals surface area (Å²) in [5, 5.41) is 5.14. The van der Waals surface area contributed by atoms with Gasteiger partial charge in [-0.05, 0) is 48.0 Å². The number of allylic oxidation sites excluding steroid dienone is 1. The predicted octanol–water partition coefficient (Wildman–Crippen LogP) is 3.86. The molecule has 0 saturated carbocycles. The molecule has 0 bridgehead atoms. The Kier molecular flexibility index (Phi) is 4.97. The third-order valence-corrected chi connectivity index (χ3v) is 5.72. The number of carbonyl (C=O) groups excluding carboxylic acids is 1. The Hall–Kier alpha value is -3.36. The van der Waals surface area contributed by atoms with Crippen molar-refractivity contribution in [3.63, 3.8) is 0 Å². The molecule has 0 amide bonds. The molecule has 1 atom stereocenters. The van der Waals surface area contributed by atoms with Crippen molar-refractivity contribution < 1.29 is 26.7 Å². The van der Waals surface area contributed by atoms with Gasteiger partial charge in [-0.3, -0.25) is 0 Å². The standard InChI is InChI=1S/C22H15F2NO4S/c23-15-3-1-2-14(10-15)21-19(12-26)18-9-6-16(24)11-20(18)29-22(21)13-4-7-17(8-5-13)30(25,27)28/h1-12,19H,(H2,25,27,28). The molecule has 0 aromatic heterocycles. The fraction of sp³-hybridized carbons (Fsp3) is 0.0455. The van der Waals surface area contributed by atoms with Crippen LogP contribution in [0.25, 0.3) is 11.3 Å². The lowest BCUT2D eigenvalue weighted by Crippen LogP contribution is -2.16. The Labute approximate surface area is 171 Å². The number of benzene rings is 3. The van der Waals surface area contributed by atoms with E-state index in [2.05, 4.69) is 0 Å². The number of fused-ring (bicyclic) bond motifs is 1. The van der Waals surface area contributed by atoms with Crippen LogP contribution in [0.4, 0.5) is 8.78 Å². The van der Waals surface area contributed by atoms with Crippen LogP contribution >= 0.6 is 0 Å². The molecule has 0 radical (unpaired) electrons. The summed E-state index contributed by atoms with van der Waals surface area (Å²) in [6.07, 6.45) is 0.679. The van der Waals surface area contributed by atoms with E-state index in [9.17, 15) is 22.0 Å². The molecule has 4 rings (SSSR count). The number of sulfonamides is 1. The number of halogens is 2. The fourth-order valence-electron chi connectivity index (χ4n) is 3.43. The van der Waals surface area contributed by atoms with Crippen molar-refractivity contribution in [2.24, 2.45) is 5.14 Å². The Morgan fingerprint density at radius 2 is 1.60 bits per heavy atom. The SMILES string of the molecule is NS(=O)(=O)c1ccc(C2=C(c3cccc(F)c3)C(C=O)c3ccc(F)cc3O2)cc1. The van der Waals surface area contributed by atoms with Crippen LogP contribution in [-0.4, -0.2) is 14.7 Å². The van der Waals surface area contributed by atoms with Gasteiger partial charge in [0.2, 0.25) is 10.0 Å². The summed E-state index contributed by atoms with van der Waals surface area (Å²) in [6, 6.07) is 15.0. The van der Waals surface area contributed by atoms with Crippen molar-refractivity contribution in [2.45, 2.75) is 10.8 Å². The first-order chi connectivity index (χ1) is 14.3. The predicted molar refractivity (Wildman–Crippen MR) is 107 cm³/mol. The summed E-state index contributed by atoms with van der Waals surface area (Å²) < 4.78 is 56.8. The van der Waals surface area contributed by atoms with E-state index in [-0.39, 0.29) is 16.4 Å². The lowest BCUT2D eigenvalue weighted by molar-refractivity contribution is -0.108. The van der Waals surface area contributed by atoms with Crippen LogP contribution in [0.5, 0.6) is 5.75 Å². The molecule has 3 aromatic rings. The van der Waals surface area contributed by atoms with Crippen LogP contribution in [0, 0.1) is 11.6 Å². The maximum absolute atomic E-state index is 13.9. The number of hydrogen-bond donors (Lipinski definition) is 1. The van der Waals surface area contributed by atoms with E-state index in [0.29, 0.717) is 28.5 Å². The van der Waals surface area contributed by atoms with Gasteiger partial charge in [0.05, 0.1) is 10.8 Å². The van der Waals surface area contributed by atoms with Crippen LogP contribution < -0.4 is 9.88 Å². The molecule has 152 valence electrons. The Morgan fingerprint density at radius 3 is 2.23 bits per heavy atom. The summed E-state index contributed by atoms with van der Waals surface area (Å²) in [7, 11) is -3.90. The average molecular weight is 427 g/mol. The molecule has 5 nitrogen and oxygen atoms in total. The van der Waals surface area contributed by atoms with Crippen molar-refractivity contribution in [1.82, 2.24) is 0 Å². The number of carbonyl (C=O) groups is 1. The van der Waals surface area contributed by atoms with Gasteiger partial charge in [0.25, 0.3) is 0 Å². The van der Waals surface area contributed by atoms with E-state index < -0.39 is 27.6 Å². The lowest BCUT2D eigenvalue weighted by atomic mass is 9.83. The normalized spacial score (nSPS) is 16.0. The minimum atomic E-state index is -3.90. The molecule has 0 aliphatic carbocycles. The van der Waals surface area contributed by atoms with Crippen molar-refractivity contribution >= 4 is 27.6 Å². The monoisotopic (exact) mass is 427 g/mol. The quantitative estimate of drug-likeness (QED) is 0.641. The van der Waals surface area contributed by atoms with E-state index in [0.717, 1.165) is 6.07 Å². The highest BCUT2D eigenvalue weighted by Crippen LogP contribution is 2.46. The average Bonchev–Trinajstić information content (AvgIpc) is 2.71. The van der Waals surface area contributed by atoms with E-state index in [1.54, 1.807) is 6.07 Å². The third kappa shape index (κ3) is 3.62. The number of ether oxygens (including phenoxy) is 1. The highest BCUT2D eigenvalue weighted by atomic mass is 32.2. The number of aldehydes is 1. The highest BCUT2D eigenvalue weighted by Gasteiger charge is 2.32. The maximum atomic E-state index is 13.9. The van der Waals surface area contributed by atoms with Crippen LogP contribution in [0.1, 0.15) is 22.6 Å². The molecule has 0 saturated heterocycles. The summed E-state index contributed by atoms with van der Waals surface area (Å²) in [5.74, 6) is -1.55. The smallest absolute Gasteiger partial charge is 0.238 e. The van der Waals surface area contributed by atoms with E-state index >= 15 is 0 Å². The maximum Gasteiger partial charge on any atom is 0.238 e. The van der Waals surface area contributed by atoms with Crippen molar-refractivity contribution in [1.29, 1.82) is 0 Å². The first kappa shape index (κ1) is 19.9. The van der Waals surface area contributed by atoms with Crippen molar-refractivity contribution in [3.8, 4) is 5.75 Å². The van der Waals surface area contributed by atoms with Crippen LogP contribution in [0.3, 0.4) is 0 Å². The fourth-order valence-corrected chi connectivity index (χ4v) is 3.95. The first-order valence-electron chi connectivity index (χ1n) is 8.84. The number of nitrogens with two attached hydrogens (primary N) is 1. The first-order valence-corrected chi connectivity index (χ1v) is 10.4. The molecule has 1 aliphatic heterocycles. The van der Waals surface area contributed by atoms with Crippen LogP contribution in [0.15, 0.2) is 71.6 Å². The molecule has 3 aromatic carbocycles. The summed E-state index contributed by atoms with van der Waals surface area (Å²) >= 11 is 0. The van der Waals surface area contributed by atoms with E-state index in [1.165, 1.54) is 54.6 Å². The number of primary sulfonamides is 1. The number of hydrogen-bond acceptors (Lipinski definition) is 4. The zero-order valence-electron chi connectivity index (χ0n) is 15.4. The second kappa shape index (κ2) is 7.47. The molecular weight excluding hydrogens is 412 g/mol. The summed E-state index contributed by atoms with van der Waals surface area (Å²) in [4.78, 5) is 12.0. The van der Waals surface area contributed by atoms with Gasteiger partial charge in [-0.1, -0.05) is 18.2 Å². The van der Waals surface area contributed by atoms with Gasteiger partial charge in [-0.2, -0.15) is 0 Å². The van der Waals surface area contributed by atoms with Crippen LogP contribution in [-0.2, 0) is 14.8 Å². The minimum absolute atomic E-state index is 0.103. The van der Waals surface area contributed by atoms with Gasteiger partial charge in [0, 0.05) is 22.8 Å². The molecule has 0 spiro atoms. The lowest BCUT2D eigenvalue weighted by Gasteiger charge is -2.28. The van der Waals surface area contributed by atoms with Gasteiger partial charge in [-0.15, -0.1) is 0 Å². The topological polar surface area (TPSA) is 86.5 Å². The van der Waals surface area contributed by atoms with Gasteiger partial charge in [-0.25, -0.2) is 22.3 Å². The van der Waals surface area contributed by atoms with Crippen molar-refractivity contribution in [3.05, 3.63) is 95.1 Å². The molecule has 2 N–H and O–H groups in total. The van der Waals surface area contributed by atoms with Crippen molar-refractivity contribution in [2.75, 3.05) is 0 Å². The summed E-state index contributed by atoms with van der Waals surface area (Å²) in [5.41, 5.74) is 1.65. The van der Waals surface area contributed by atoms with Crippen LogP contribution in [0.2, 0.25) is 0 Å². The number of rotatable bonds is 4. The molecule has 1 aliphatic rings. The highest BCUT2D eigenvalue weighted by molar-refractivity contribution is 7.89. The molecule has 0 fully saturated rings. The molecule has 30 heavy (non-hydrogen) atoms. The minimum Gasteiger partial charge on any atom is -0.456 e. The molecular formula is C22H15F2NO4S. The molecule has 1 unspecified atom stereocenters. The van der Waals surface area contributed by atoms with Gasteiger partial charge in [0.1, 0.15) is 29.4 Å². The zero-order valence-corrected chi connectivity index (χ0v) is 16.2.